The van der Waals surface area contributed by atoms with Crippen LogP contribution in [0.1, 0.15) is 34.1 Å². The largest absolute Gasteiger partial charge is 0.488 e. The van der Waals surface area contributed by atoms with Gasteiger partial charge in [-0.15, -0.1) is 0 Å². The van der Waals surface area contributed by atoms with E-state index in [1.807, 2.05) is 24.3 Å². The van der Waals surface area contributed by atoms with Crippen LogP contribution in [0.2, 0.25) is 5.02 Å². The van der Waals surface area contributed by atoms with Crippen LogP contribution in [0.15, 0.2) is 24.3 Å². The standard InChI is InChI=1S/C14H22ClNO/c1-5-12(16)13(14(2,3)4)17-11-8-6-7-10(15)9-11/h6-9,12-13H,5,16H2,1-4H3. The summed E-state index contributed by atoms with van der Waals surface area (Å²) in [5.74, 6) is 0.779. The summed E-state index contributed by atoms with van der Waals surface area (Å²) >= 11 is 5.94. The van der Waals surface area contributed by atoms with Crippen molar-refractivity contribution in [2.75, 3.05) is 0 Å². The fraction of sp³-hybridized carbons (Fsp3) is 0.571. The minimum absolute atomic E-state index is 0.00224. The van der Waals surface area contributed by atoms with Crippen LogP contribution in [-0.2, 0) is 0 Å². The van der Waals surface area contributed by atoms with Crippen molar-refractivity contribution in [1.29, 1.82) is 0 Å². The van der Waals surface area contributed by atoms with E-state index < -0.39 is 0 Å². The van der Waals surface area contributed by atoms with Gasteiger partial charge in [-0.05, 0) is 24.6 Å². The molecule has 0 aliphatic carbocycles. The van der Waals surface area contributed by atoms with Crippen LogP contribution in [0, 0.1) is 5.41 Å². The molecule has 2 nitrogen and oxygen atoms in total. The highest BCUT2D eigenvalue weighted by molar-refractivity contribution is 6.30. The number of halogens is 1. The highest BCUT2D eigenvalue weighted by atomic mass is 35.5. The number of nitrogens with two attached hydrogens (primary N) is 1. The number of hydrogen-bond donors (Lipinski definition) is 1. The summed E-state index contributed by atoms with van der Waals surface area (Å²) in [6.45, 7) is 8.48. The normalized spacial score (nSPS) is 15.4. The molecule has 0 aliphatic rings. The Labute approximate surface area is 109 Å². The van der Waals surface area contributed by atoms with E-state index >= 15 is 0 Å². The Kier molecular flexibility index (Phi) is 4.84. The number of ether oxygens (including phenoxy) is 1. The van der Waals surface area contributed by atoms with E-state index in [2.05, 4.69) is 27.7 Å². The van der Waals surface area contributed by atoms with Crippen LogP contribution < -0.4 is 10.5 Å². The molecule has 0 bridgehead atoms. The van der Waals surface area contributed by atoms with Gasteiger partial charge in [-0.25, -0.2) is 0 Å². The Morgan fingerprint density at radius 2 is 2.00 bits per heavy atom. The van der Waals surface area contributed by atoms with Crippen LogP contribution in [0.4, 0.5) is 0 Å². The zero-order valence-electron chi connectivity index (χ0n) is 11.0. The van der Waals surface area contributed by atoms with Crippen molar-refractivity contribution in [3.8, 4) is 5.75 Å². The average Bonchev–Trinajstić information content (AvgIpc) is 2.23. The van der Waals surface area contributed by atoms with Crippen molar-refractivity contribution in [2.24, 2.45) is 11.1 Å². The molecule has 1 aromatic rings. The molecule has 3 heteroatoms. The van der Waals surface area contributed by atoms with E-state index in [9.17, 15) is 0 Å². The highest BCUT2D eigenvalue weighted by Crippen LogP contribution is 2.28. The van der Waals surface area contributed by atoms with Gasteiger partial charge in [0.15, 0.2) is 0 Å². The third-order valence-electron chi connectivity index (χ3n) is 2.77. The smallest absolute Gasteiger partial charge is 0.121 e. The zero-order chi connectivity index (χ0) is 13.1. The summed E-state index contributed by atoms with van der Waals surface area (Å²) in [5, 5.41) is 0.681. The summed E-state index contributed by atoms with van der Waals surface area (Å²) in [6, 6.07) is 7.47. The quantitative estimate of drug-likeness (QED) is 0.887. The third kappa shape index (κ3) is 4.21. The first-order chi connectivity index (χ1) is 7.84. The maximum Gasteiger partial charge on any atom is 0.121 e. The number of rotatable bonds is 4. The van der Waals surface area contributed by atoms with Crippen LogP contribution in [-0.4, -0.2) is 12.1 Å². The van der Waals surface area contributed by atoms with Gasteiger partial charge in [-0.3, -0.25) is 0 Å². The molecule has 0 radical (unpaired) electrons. The minimum Gasteiger partial charge on any atom is -0.488 e. The maximum atomic E-state index is 6.13. The van der Waals surface area contributed by atoms with Gasteiger partial charge in [0, 0.05) is 16.5 Å². The van der Waals surface area contributed by atoms with Gasteiger partial charge in [-0.2, -0.15) is 0 Å². The molecule has 1 aromatic carbocycles. The Balaban J connectivity index is 2.87. The zero-order valence-corrected chi connectivity index (χ0v) is 11.8. The first-order valence-corrected chi connectivity index (χ1v) is 6.40. The summed E-state index contributed by atoms with van der Waals surface area (Å²) in [6.07, 6.45) is 0.869. The van der Waals surface area contributed by atoms with Crippen molar-refractivity contribution >= 4 is 11.6 Å². The molecular weight excluding hydrogens is 234 g/mol. The molecule has 0 saturated carbocycles. The number of benzene rings is 1. The van der Waals surface area contributed by atoms with Crippen LogP contribution >= 0.6 is 11.6 Å². The van der Waals surface area contributed by atoms with Crippen molar-refractivity contribution in [1.82, 2.24) is 0 Å². The van der Waals surface area contributed by atoms with E-state index in [0.717, 1.165) is 12.2 Å². The SMILES string of the molecule is CCC(N)C(Oc1cccc(Cl)c1)C(C)(C)C. The molecule has 0 fully saturated rings. The summed E-state index contributed by atoms with van der Waals surface area (Å²) in [4.78, 5) is 0. The van der Waals surface area contributed by atoms with Gasteiger partial charge in [0.05, 0.1) is 0 Å². The lowest BCUT2D eigenvalue weighted by Gasteiger charge is -2.35. The minimum atomic E-state index is -0.0223. The predicted molar refractivity (Wildman–Crippen MR) is 73.6 cm³/mol. The van der Waals surface area contributed by atoms with E-state index in [0.29, 0.717) is 5.02 Å². The van der Waals surface area contributed by atoms with Crippen LogP contribution in [0.25, 0.3) is 0 Å². The van der Waals surface area contributed by atoms with E-state index in [1.165, 1.54) is 0 Å². The number of hydrogen-bond acceptors (Lipinski definition) is 2. The lowest BCUT2D eigenvalue weighted by atomic mass is 9.84. The Hall–Kier alpha value is -0.730. The summed E-state index contributed by atoms with van der Waals surface area (Å²) in [5.41, 5.74) is 6.13. The van der Waals surface area contributed by atoms with Gasteiger partial charge in [0.2, 0.25) is 0 Å². The molecular formula is C14H22ClNO. The molecule has 0 saturated heterocycles. The van der Waals surface area contributed by atoms with E-state index in [-0.39, 0.29) is 17.6 Å². The molecule has 2 atom stereocenters. The maximum absolute atomic E-state index is 6.13. The second kappa shape index (κ2) is 5.74. The molecule has 17 heavy (non-hydrogen) atoms. The van der Waals surface area contributed by atoms with Crippen molar-refractivity contribution < 1.29 is 4.74 Å². The fourth-order valence-corrected chi connectivity index (χ4v) is 1.99. The molecule has 1 rings (SSSR count). The van der Waals surface area contributed by atoms with Gasteiger partial charge in [0.1, 0.15) is 11.9 Å². The van der Waals surface area contributed by atoms with Gasteiger partial charge in [-0.1, -0.05) is 45.4 Å². The lowest BCUT2D eigenvalue weighted by Crippen LogP contribution is -2.47. The van der Waals surface area contributed by atoms with Crippen molar-refractivity contribution in [2.45, 2.75) is 46.3 Å². The lowest BCUT2D eigenvalue weighted by molar-refractivity contribution is 0.0622. The summed E-state index contributed by atoms with van der Waals surface area (Å²) < 4.78 is 6.00. The fourth-order valence-electron chi connectivity index (χ4n) is 1.81. The highest BCUT2D eigenvalue weighted by Gasteiger charge is 2.31. The van der Waals surface area contributed by atoms with Gasteiger partial charge >= 0.3 is 0 Å². The molecule has 0 aromatic heterocycles. The Morgan fingerprint density at radius 3 is 2.47 bits per heavy atom. The predicted octanol–water partition coefficient (Wildman–Crippen LogP) is 3.87. The third-order valence-corrected chi connectivity index (χ3v) is 3.01. The van der Waals surface area contributed by atoms with Crippen LogP contribution in [0.5, 0.6) is 5.75 Å². The molecule has 2 N–H and O–H groups in total. The molecule has 0 spiro atoms. The second-order valence-corrected chi connectivity index (χ2v) is 5.87. The van der Waals surface area contributed by atoms with E-state index in [1.54, 1.807) is 0 Å². The molecule has 96 valence electrons. The Morgan fingerprint density at radius 1 is 1.35 bits per heavy atom. The van der Waals surface area contributed by atoms with Crippen molar-refractivity contribution in [3.05, 3.63) is 29.3 Å². The first-order valence-electron chi connectivity index (χ1n) is 6.02. The second-order valence-electron chi connectivity index (χ2n) is 5.43. The molecule has 2 unspecified atom stereocenters. The average molecular weight is 256 g/mol. The molecule has 0 heterocycles. The molecule has 0 aliphatic heterocycles. The van der Waals surface area contributed by atoms with Crippen LogP contribution in [0.3, 0.4) is 0 Å². The van der Waals surface area contributed by atoms with Crippen molar-refractivity contribution in [3.63, 3.8) is 0 Å². The summed E-state index contributed by atoms with van der Waals surface area (Å²) in [7, 11) is 0. The Bertz CT molecular complexity index is 359. The monoisotopic (exact) mass is 255 g/mol. The topological polar surface area (TPSA) is 35.2 Å². The first kappa shape index (κ1) is 14.3. The van der Waals surface area contributed by atoms with E-state index in [4.69, 9.17) is 22.1 Å². The molecule has 0 amide bonds. The van der Waals surface area contributed by atoms with Gasteiger partial charge in [0.25, 0.3) is 0 Å². The van der Waals surface area contributed by atoms with Gasteiger partial charge < -0.3 is 10.5 Å².